The van der Waals surface area contributed by atoms with Crippen LogP contribution in [0.15, 0.2) is 6.33 Å². The number of rotatable bonds is 2. The first kappa shape index (κ1) is 10.6. The van der Waals surface area contributed by atoms with Crippen LogP contribution in [-0.4, -0.2) is 32.8 Å². The van der Waals surface area contributed by atoms with Gasteiger partial charge in [0.2, 0.25) is 0 Å². The van der Waals surface area contributed by atoms with Gasteiger partial charge in [-0.1, -0.05) is 20.8 Å². The van der Waals surface area contributed by atoms with Crippen LogP contribution in [0.2, 0.25) is 0 Å². The van der Waals surface area contributed by atoms with Crippen LogP contribution in [-0.2, 0) is 13.1 Å². The van der Waals surface area contributed by atoms with Gasteiger partial charge in [0.25, 0.3) is 0 Å². The summed E-state index contributed by atoms with van der Waals surface area (Å²) in [5.41, 5.74) is 0.422. The molecule has 0 N–H and O–H groups in total. The number of hydrogen-bond donors (Lipinski definition) is 0. The molecule has 1 aromatic heterocycles. The van der Waals surface area contributed by atoms with Gasteiger partial charge < -0.3 is 0 Å². The first-order valence-corrected chi connectivity index (χ1v) is 5.64. The second kappa shape index (κ2) is 3.93. The molecule has 84 valence electrons. The molecular weight excluding hydrogens is 188 g/mol. The molecule has 0 aromatic carbocycles. The van der Waals surface area contributed by atoms with E-state index in [0.717, 1.165) is 32.0 Å². The van der Waals surface area contributed by atoms with Crippen LogP contribution in [0.4, 0.5) is 0 Å². The molecule has 0 saturated heterocycles. The maximum absolute atomic E-state index is 4.26. The topological polar surface area (TPSA) is 34.0 Å². The largest absolute Gasteiger partial charge is 0.294 e. The SMILES string of the molecule is CC(C)(C)CCN1CCn2ncnc2C1. The zero-order valence-corrected chi connectivity index (χ0v) is 9.90. The summed E-state index contributed by atoms with van der Waals surface area (Å²) in [6.07, 6.45) is 2.89. The van der Waals surface area contributed by atoms with Crippen LogP contribution in [0.25, 0.3) is 0 Å². The van der Waals surface area contributed by atoms with Gasteiger partial charge >= 0.3 is 0 Å². The lowest BCUT2D eigenvalue weighted by atomic mass is 9.92. The highest BCUT2D eigenvalue weighted by Crippen LogP contribution is 2.20. The van der Waals surface area contributed by atoms with Crippen molar-refractivity contribution in [3.05, 3.63) is 12.2 Å². The summed E-state index contributed by atoms with van der Waals surface area (Å²) in [4.78, 5) is 6.73. The van der Waals surface area contributed by atoms with E-state index in [9.17, 15) is 0 Å². The molecule has 0 fully saturated rings. The average molecular weight is 208 g/mol. The molecule has 15 heavy (non-hydrogen) atoms. The van der Waals surface area contributed by atoms with Crippen molar-refractivity contribution >= 4 is 0 Å². The van der Waals surface area contributed by atoms with Crippen molar-refractivity contribution in [1.82, 2.24) is 19.7 Å². The number of hydrogen-bond acceptors (Lipinski definition) is 3. The van der Waals surface area contributed by atoms with Crippen LogP contribution < -0.4 is 0 Å². The summed E-state index contributed by atoms with van der Waals surface area (Å²) < 4.78 is 2.01. The average Bonchev–Trinajstić information content (AvgIpc) is 2.60. The molecule has 0 radical (unpaired) electrons. The Labute approximate surface area is 91.3 Å². The van der Waals surface area contributed by atoms with E-state index in [0.29, 0.717) is 5.41 Å². The Morgan fingerprint density at radius 3 is 2.87 bits per heavy atom. The van der Waals surface area contributed by atoms with Gasteiger partial charge in [0.15, 0.2) is 0 Å². The van der Waals surface area contributed by atoms with Gasteiger partial charge in [-0.25, -0.2) is 9.67 Å². The van der Waals surface area contributed by atoms with Crippen molar-refractivity contribution in [2.24, 2.45) is 5.41 Å². The fourth-order valence-electron chi connectivity index (χ4n) is 1.80. The Balaban J connectivity index is 1.88. The monoisotopic (exact) mass is 208 g/mol. The molecule has 0 bridgehead atoms. The highest BCUT2D eigenvalue weighted by Gasteiger charge is 2.19. The van der Waals surface area contributed by atoms with Crippen LogP contribution >= 0.6 is 0 Å². The van der Waals surface area contributed by atoms with Crippen molar-refractivity contribution in [2.45, 2.75) is 40.3 Å². The third-order valence-electron chi connectivity index (χ3n) is 2.87. The molecule has 2 heterocycles. The molecule has 0 spiro atoms. The van der Waals surface area contributed by atoms with Crippen LogP contribution in [0.1, 0.15) is 33.0 Å². The maximum Gasteiger partial charge on any atom is 0.141 e. The first-order valence-electron chi connectivity index (χ1n) is 5.64. The number of nitrogens with zero attached hydrogens (tertiary/aromatic N) is 4. The van der Waals surface area contributed by atoms with Crippen LogP contribution in [0.5, 0.6) is 0 Å². The summed E-state index contributed by atoms with van der Waals surface area (Å²) in [5, 5.41) is 4.18. The van der Waals surface area contributed by atoms with Crippen molar-refractivity contribution in [3.8, 4) is 0 Å². The van der Waals surface area contributed by atoms with Gasteiger partial charge in [-0.2, -0.15) is 5.10 Å². The summed E-state index contributed by atoms with van der Waals surface area (Å²) in [7, 11) is 0. The molecule has 1 aromatic rings. The van der Waals surface area contributed by atoms with Gasteiger partial charge in [-0.05, 0) is 18.4 Å². The van der Waals surface area contributed by atoms with Gasteiger partial charge in [-0.3, -0.25) is 4.90 Å². The molecular formula is C11H20N4. The van der Waals surface area contributed by atoms with Gasteiger partial charge in [0.1, 0.15) is 12.2 Å². The molecule has 1 aliphatic rings. The van der Waals surface area contributed by atoms with Crippen molar-refractivity contribution in [3.63, 3.8) is 0 Å². The minimum Gasteiger partial charge on any atom is -0.294 e. The minimum absolute atomic E-state index is 0.422. The molecule has 2 rings (SSSR count). The third-order valence-corrected chi connectivity index (χ3v) is 2.87. The summed E-state index contributed by atoms with van der Waals surface area (Å²) in [6.45, 7) is 11.1. The van der Waals surface area contributed by atoms with E-state index in [1.807, 2.05) is 4.68 Å². The highest BCUT2D eigenvalue weighted by atomic mass is 15.4. The van der Waals surface area contributed by atoms with E-state index >= 15 is 0 Å². The molecule has 4 nitrogen and oxygen atoms in total. The number of aromatic nitrogens is 3. The fourth-order valence-corrected chi connectivity index (χ4v) is 1.80. The Hall–Kier alpha value is -0.900. The Morgan fingerprint density at radius 2 is 2.13 bits per heavy atom. The summed E-state index contributed by atoms with van der Waals surface area (Å²) >= 11 is 0. The van der Waals surface area contributed by atoms with E-state index in [1.165, 1.54) is 6.42 Å². The minimum atomic E-state index is 0.422. The Kier molecular flexibility index (Phi) is 2.78. The second-order valence-corrected chi connectivity index (χ2v) is 5.49. The lowest BCUT2D eigenvalue weighted by Crippen LogP contribution is -2.36. The van der Waals surface area contributed by atoms with Gasteiger partial charge in [-0.15, -0.1) is 0 Å². The van der Waals surface area contributed by atoms with E-state index < -0.39 is 0 Å². The molecule has 1 aliphatic heterocycles. The molecule has 4 heteroatoms. The predicted molar refractivity (Wildman–Crippen MR) is 59.4 cm³/mol. The number of fused-ring (bicyclic) bond motifs is 1. The fraction of sp³-hybridized carbons (Fsp3) is 0.818. The Bertz CT molecular complexity index is 324. The summed E-state index contributed by atoms with van der Waals surface area (Å²) in [6, 6.07) is 0. The molecule has 0 amide bonds. The molecule has 0 aliphatic carbocycles. The molecule has 0 unspecified atom stereocenters. The maximum atomic E-state index is 4.26. The lowest BCUT2D eigenvalue weighted by Gasteiger charge is -2.29. The standard InChI is InChI=1S/C11H20N4/c1-11(2,3)4-5-14-6-7-15-10(8-14)12-9-13-15/h9H,4-8H2,1-3H3. The quantitative estimate of drug-likeness (QED) is 0.739. The zero-order valence-electron chi connectivity index (χ0n) is 9.90. The molecule has 0 saturated carbocycles. The Morgan fingerprint density at radius 1 is 1.33 bits per heavy atom. The first-order chi connectivity index (χ1) is 7.04. The van der Waals surface area contributed by atoms with E-state index in [4.69, 9.17) is 0 Å². The third kappa shape index (κ3) is 2.78. The van der Waals surface area contributed by atoms with E-state index in [-0.39, 0.29) is 0 Å². The van der Waals surface area contributed by atoms with E-state index in [1.54, 1.807) is 6.33 Å². The van der Waals surface area contributed by atoms with Crippen molar-refractivity contribution in [1.29, 1.82) is 0 Å². The van der Waals surface area contributed by atoms with E-state index in [2.05, 4.69) is 35.8 Å². The summed E-state index contributed by atoms with van der Waals surface area (Å²) in [5.74, 6) is 1.11. The van der Waals surface area contributed by atoms with Crippen LogP contribution in [0.3, 0.4) is 0 Å². The van der Waals surface area contributed by atoms with Gasteiger partial charge in [0.05, 0.1) is 13.1 Å². The lowest BCUT2D eigenvalue weighted by molar-refractivity contribution is 0.181. The predicted octanol–water partition coefficient (Wildman–Crippen LogP) is 1.53. The highest BCUT2D eigenvalue weighted by molar-refractivity contribution is 4.88. The zero-order chi connectivity index (χ0) is 10.9. The molecule has 0 atom stereocenters. The normalized spacial score (nSPS) is 17.8. The van der Waals surface area contributed by atoms with Crippen LogP contribution in [0, 0.1) is 5.41 Å². The second-order valence-electron chi connectivity index (χ2n) is 5.49. The van der Waals surface area contributed by atoms with Crippen molar-refractivity contribution < 1.29 is 0 Å². The van der Waals surface area contributed by atoms with Crippen molar-refractivity contribution in [2.75, 3.05) is 13.1 Å². The smallest absolute Gasteiger partial charge is 0.141 e. The van der Waals surface area contributed by atoms with Gasteiger partial charge in [0, 0.05) is 6.54 Å².